The molecule has 2 bridgehead atoms. The summed E-state index contributed by atoms with van der Waals surface area (Å²) in [6.45, 7) is 0.295. The van der Waals surface area contributed by atoms with E-state index in [1.807, 2.05) is 24.3 Å². The number of amides is 1. The van der Waals surface area contributed by atoms with Crippen LogP contribution in [0.5, 0.6) is 0 Å². The smallest absolute Gasteiger partial charge is 0.220 e. The van der Waals surface area contributed by atoms with Gasteiger partial charge in [0.2, 0.25) is 5.91 Å². The molecule has 6 heteroatoms. The van der Waals surface area contributed by atoms with Crippen molar-refractivity contribution in [2.24, 2.45) is 5.92 Å². The summed E-state index contributed by atoms with van der Waals surface area (Å²) in [5, 5.41) is 18.0. The SMILES string of the molecule is Cl.O=C(CC1CC2CCC(C1)N2)NCC(O)c1cc2ccccc2s1. The average Bonchev–Trinajstić information content (AvgIpc) is 3.15. The zero-order valence-electron chi connectivity index (χ0n) is 14.1. The first kappa shape index (κ1) is 18.6. The van der Waals surface area contributed by atoms with Crippen LogP contribution in [0.15, 0.2) is 30.3 Å². The fourth-order valence-corrected chi connectivity index (χ4v) is 5.20. The van der Waals surface area contributed by atoms with Crippen molar-refractivity contribution < 1.29 is 9.90 Å². The summed E-state index contributed by atoms with van der Waals surface area (Å²) in [5.41, 5.74) is 0. The number of piperidine rings is 1. The molecule has 136 valence electrons. The number of rotatable bonds is 5. The zero-order valence-corrected chi connectivity index (χ0v) is 15.7. The first-order valence-electron chi connectivity index (χ1n) is 8.86. The Morgan fingerprint density at radius 2 is 2.00 bits per heavy atom. The molecule has 1 amide bonds. The van der Waals surface area contributed by atoms with E-state index in [9.17, 15) is 9.90 Å². The minimum absolute atomic E-state index is 0. The number of hydrogen-bond acceptors (Lipinski definition) is 4. The molecule has 2 saturated heterocycles. The van der Waals surface area contributed by atoms with Gasteiger partial charge in [0, 0.05) is 34.6 Å². The van der Waals surface area contributed by atoms with Crippen molar-refractivity contribution in [3.05, 3.63) is 35.2 Å². The largest absolute Gasteiger partial charge is 0.386 e. The summed E-state index contributed by atoms with van der Waals surface area (Å²) >= 11 is 1.59. The zero-order chi connectivity index (χ0) is 16.5. The summed E-state index contributed by atoms with van der Waals surface area (Å²) in [6.07, 6.45) is 4.70. The van der Waals surface area contributed by atoms with Gasteiger partial charge in [-0.15, -0.1) is 23.7 Å². The van der Waals surface area contributed by atoms with Crippen molar-refractivity contribution in [3.63, 3.8) is 0 Å². The molecule has 1 aromatic carbocycles. The van der Waals surface area contributed by atoms with Gasteiger partial charge in [0.25, 0.3) is 0 Å². The van der Waals surface area contributed by atoms with Gasteiger partial charge in [-0.3, -0.25) is 4.79 Å². The molecule has 2 aliphatic rings. The van der Waals surface area contributed by atoms with E-state index in [4.69, 9.17) is 0 Å². The van der Waals surface area contributed by atoms with Crippen molar-refractivity contribution in [2.45, 2.75) is 50.3 Å². The highest BCUT2D eigenvalue weighted by molar-refractivity contribution is 7.19. The number of thiophene rings is 1. The molecule has 2 fully saturated rings. The average molecular weight is 381 g/mol. The Labute approximate surface area is 158 Å². The van der Waals surface area contributed by atoms with Gasteiger partial charge in [-0.05, 0) is 49.1 Å². The van der Waals surface area contributed by atoms with E-state index in [2.05, 4.69) is 16.7 Å². The molecular formula is C19H25ClN2O2S. The summed E-state index contributed by atoms with van der Waals surface area (Å²) in [6, 6.07) is 11.4. The Kier molecular flexibility index (Phi) is 6.00. The molecule has 0 saturated carbocycles. The summed E-state index contributed by atoms with van der Waals surface area (Å²) in [5.74, 6) is 0.562. The van der Waals surface area contributed by atoms with Gasteiger partial charge in [0.1, 0.15) is 6.10 Å². The van der Waals surface area contributed by atoms with Crippen LogP contribution < -0.4 is 10.6 Å². The molecule has 0 spiro atoms. The normalized spacial score (nSPS) is 26.2. The molecule has 2 aliphatic heterocycles. The quantitative estimate of drug-likeness (QED) is 0.745. The molecule has 2 aromatic rings. The molecule has 4 nitrogen and oxygen atoms in total. The highest BCUT2D eigenvalue weighted by Crippen LogP contribution is 2.33. The van der Waals surface area contributed by atoms with Crippen LogP contribution in [0.25, 0.3) is 10.1 Å². The Hall–Kier alpha value is -1.14. The molecule has 0 aliphatic carbocycles. The molecular weight excluding hydrogens is 356 g/mol. The lowest BCUT2D eigenvalue weighted by Crippen LogP contribution is -2.40. The molecule has 0 radical (unpaired) electrons. The Morgan fingerprint density at radius 3 is 2.72 bits per heavy atom. The van der Waals surface area contributed by atoms with E-state index in [-0.39, 0.29) is 18.3 Å². The van der Waals surface area contributed by atoms with E-state index in [1.54, 1.807) is 11.3 Å². The van der Waals surface area contributed by atoms with Crippen LogP contribution in [0.3, 0.4) is 0 Å². The van der Waals surface area contributed by atoms with Gasteiger partial charge in [-0.25, -0.2) is 0 Å². The molecule has 3 heterocycles. The van der Waals surface area contributed by atoms with E-state index >= 15 is 0 Å². The van der Waals surface area contributed by atoms with E-state index in [0.29, 0.717) is 31.0 Å². The van der Waals surface area contributed by atoms with Gasteiger partial charge in [-0.1, -0.05) is 18.2 Å². The minimum Gasteiger partial charge on any atom is -0.386 e. The third-order valence-corrected chi connectivity index (χ3v) is 6.53. The van der Waals surface area contributed by atoms with Crippen LogP contribution >= 0.6 is 23.7 Å². The van der Waals surface area contributed by atoms with Crippen molar-refractivity contribution >= 4 is 39.7 Å². The van der Waals surface area contributed by atoms with Crippen LogP contribution in [0.4, 0.5) is 0 Å². The van der Waals surface area contributed by atoms with Gasteiger partial charge >= 0.3 is 0 Å². The second kappa shape index (κ2) is 8.04. The summed E-state index contributed by atoms with van der Waals surface area (Å²) in [4.78, 5) is 13.1. The Morgan fingerprint density at radius 1 is 1.28 bits per heavy atom. The van der Waals surface area contributed by atoms with Gasteiger partial charge in [0.05, 0.1) is 0 Å². The van der Waals surface area contributed by atoms with Gasteiger partial charge in [0.15, 0.2) is 0 Å². The van der Waals surface area contributed by atoms with Crippen LogP contribution in [0.1, 0.15) is 43.1 Å². The monoisotopic (exact) mass is 380 g/mol. The predicted molar refractivity (Wildman–Crippen MR) is 104 cm³/mol. The fourth-order valence-electron chi connectivity index (χ4n) is 4.15. The lowest BCUT2D eigenvalue weighted by molar-refractivity contribution is -0.122. The van der Waals surface area contributed by atoms with Crippen molar-refractivity contribution in [1.82, 2.24) is 10.6 Å². The van der Waals surface area contributed by atoms with E-state index < -0.39 is 6.10 Å². The van der Waals surface area contributed by atoms with Gasteiger partial charge < -0.3 is 15.7 Å². The van der Waals surface area contributed by atoms with E-state index in [1.165, 1.54) is 17.5 Å². The first-order chi connectivity index (χ1) is 11.7. The Balaban J connectivity index is 0.00000182. The van der Waals surface area contributed by atoms with Gasteiger partial charge in [-0.2, -0.15) is 0 Å². The Bertz CT molecular complexity index is 690. The lowest BCUT2D eigenvalue weighted by Gasteiger charge is -2.28. The number of carbonyl (C=O) groups is 1. The highest BCUT2D eigenvalue weighted by atomic mass is 35.5. The maximum atomic E-state index is 12.2. The molecule has 3 atom stereocenters. The number of aliphatic hydroxyl groups is 1. The third-order valence-electron chi connectivity index (χ3n) is 5.31. The standard InChI is InChI=1S/C19H24N2O2S.ClH/c22-16(18-10-13-3-1-2-4-17(13)24-18)11-20-19(23)9-12-7-14-5-6-15(8-12)21-14;/h1-4,10,12,14-16,21-22H,5-9,11H2,(H,20,23);1H. The topological polar surface area (TPSA) is 61.4 Å². The molecule has 3 unspecified atom stereocenters. The van der Waals surface area contributed by atoms with Crippen molar-refractivity contribution in [2.75, 3.05) is 6.54 Å². The number of benzene rings is 1. The summed E-state index contributed by atoms with van der Waals surface area (Å²) in [7, 11) is 0. The van der Waals surface area contributed by atoms with Crippen LogP contribution in [-0.2, 0) is 4.79 Å². The highest BCUT2D eigenvalue weighted by Gasteiger charge is 2.34. The van der Waals surface area contributed by atoms with Crippen LogP contribution in [-0.4, -0.2) is 29.6 Å². The fraction of sp³-hybridized carbons (Fsp3) is 0.526. The van der Waals surface area contributed by atoms with Crippen molar-refractivity contribution in [3.8, 4) is 0 Å². The third kappa shape index (κ3) is 4.34. The first-order valence-corrected chi connectivity index (χ1v) is 9.68. The maximum Gasteiger partial charge on any atom is 0.220 e. The van der Waals surface area contributed by atoms with E-state index in [0.717, 1.165) is 23.1 Å². The minimum atomic E-state index is -0.629. The molecule has 4 rings (SSSR count). The summed E-state index contributed by atoms with van der Waals surface area (Å²) < 4.78 is 1.17. The predicted octanol–water partition coefficient (Wildman–Crippen LogP) is 3.39. The number of halogens is 1. The van der Waals surface area contributed by atoms with Crippen molar-refractivity contribution in [1.29, 1.82) is 0 Å². The molecule has 25 heavy (non-hydrogen) atoms. The second-order valence-corrected chi connectivity index (χ2v) is 8.30. The molecule has 3 N–H and O–H groups in total. The number of fused-ring (bicyclic) bond motifs is 3. The van der Waals surface area contributed by atoms with Crippen LogP contribution in [0.2, 0.25) is 0 Å². The number of aliphatic hydroxyl groups excluding tert-OH is 1. The molecule has 1 aromatic heterocycles. The number of hydrogen-bond donors (Lipinski definition) is 3. The van der Waals surface area contributed by atoms with Crippen LogP contribution in [0, 0.1) is 5.92 Å². The number of carbonyl (C=O) groups excluding carboxylic acids is 1. The number of nitrogens with one attached hydrogen (secondary N) is 2. The lowest BCUT2D eigenvalue weighted by atomic mass is 9.89. The second-order valence-electron chi connectivity index (χ2n) is 7.19. The maximum absolute atomic E-state index is 12.2.